The first-order chi connectivity index (χ1) is 17.7. The predicted molar refractivity (Wildman–Crippen MR) is 159 cm³/mol. The maximum atomic E-state index is 2.40. The standard InChI is InChI=1S/C34H40N2/c1-5-35(6-2)31-23-19-29(20-24-31)34(30-21-25-32(26-22-30)36(7-3)8-4)33(27-15-11-9-12-16-27)28-17-13-10-14-18-28/h9,11-13,15-26H,5-8,10,14H2,1-4H3. The fourth-order valence-corrected chi connectivity index (χ4v) is 5.17. The molecular weight excluding hydrogens is 436 g/mol. The van der Waals surface area contributed by atoms with Gasteiger partial charge in [-0.3, -0.25) is 0 Å². The van der Waals surface area contributed by atoms with Crippen molar-refractivity contribution in [2.45, 2.75) is 40.5 Å². The minimum Gasteiger partial charge on any atom is -0.372 e. The summed E-state index contributed by atoms with van der Waals surface area (Å²) in [6.07, 6.45) is 9.20. The number of hydrogen-bond acceptors (Lipinski definition) is 2. The quantitative estimate of drug-likeness (QED) is 0.270. The van der Waals surface area contributed by atoms with Gasteiger partial charge in [0.2, 0.25) is 0 Å². The lowest BCUT2D eigenvalue weighted by molar-refractivity contribution is 0.866. The summed E-state index contributed by atoms with van der Waals surface area (Å²) in [4.78, 5) is 4.80. The van der Waals surface area contributed by atoms with Gasteiger partial charge in [0.05, 0.1) is 0 Å². The summed E-state index contributed by atoms with van der Waals surface area (Å²) in [5.41, 5.74) is 10.2. The van der Waals surface area contributed by atoms with Crippen LogP contribution in [-0.2, 0) is 0 Å². The first-order valence-corrected chi connectivity index (χ1v) is 13.6. The van der Waals surface area contributed by atoms with Gasteiger partial charge < -0.3 is 9.80 Å². The molecule has 0 unspecified atom stereocenters. The van der Waals surface area contributed by atoms with Crippen molar-refractivity contribution >= 4 is 22.5 Å². The van der Waals surface area contributed by atoms with Gasteiger partial charge in [-0.25, -0.2) is 0 Å². The topological polar surface area (TPSA) is 6.48 Å². The van der Waals surface area contributed by atoms with Crippen molar-refractivity contribution in [1.82, 2.24) is 0 Å². The Kier molecular flexibility index (Phi) is 8.84. The van der Waals surface area contributed by atoms with E-state index in [0.717, 1.165) is 39.0 Å². The second-order valence-electron chi connectivity index (χ2n) is 9.19. The third-order valence-electron chi connectivity index (χ3n) is 7.17. The predicted octanol–water partition coefficient (Wildman–Crippen LogP) is 8.61. The van der Waals surface area contributed by atoms with E-state index in [-0.39, 0.29) is 0 Å². The van der Waals surface area contributed by atoms with E-state index in [4.69, 9.17) is 0 Å². The van der Waals surface area contributed by atoms with E-state index in [2.05, 4.69) is 135 Å². The minimum absolute atomic E-state index is 1.01. The van der Waals surface area contributed by atoms with Crippen LogP contribution in [0.5, 0.6) is 0 Å². The van der Waals surface area contributed by atoms with Crippen LogP contribution in [0.2, 0.25) is 0 Å². The van der Waals surface area contributed by atoms with E-state index in [1.807, 2.05) is 0 Å². The van der Waals surface area contributed by atoms with E-state index < -0.39 is 0 Å². The zero-order valence-electron chi connectivity index (χ0n) is 22.4. The molecule has 0 atom stereocenters. The van der Waals surface area contributed by atoms with E-state index in [9.17, 15) is 0 Å². The molecule has 0 saturated carbocycles. The average Bonchev–Trinajstić information content (AvgIpc) is 2.95. The zero-order valence-corrected chi connectivity index (χ0v) is 22.4. The lowest BCUT2D eigenvalue weighted by atomic mass is 9.84. The van der Waals surface area contributed by atoms with Gasteiger partial charge in [-0.15, -0.1) is 0 Å². The van der Waals surface area contributed by atoms with E-state index in [1.165, 1.54) is 44.8 Å². The molecule has 2 heteroatoms. The van der Waals surface area contributed by atoms with Crippen LogP contribution in [0.3, 0.4) is 0 Å². The second kappa shape index (κ2) is 12.4. The van der Waals surface area contributed by atoms with Gasteiger partial charge in [-0.05, 0) is 98.2 Å². The van der Waals surface area contributed by atoms with Gasteiger partial charge in [0, 0.05) is 37.6 Å². The van der Waals surface area contributed by atoms with Crippen LogP contribution in [0.4, 0.5) is 11.4 Å². The van der Waals surface area contributed by atoms with E-state index in [1.54, 1.807) is 0 Å². The Labute approximate surface area is 218 Å². The van der Waals surface area contributed by atoms with Crippen LogP contribution >= 0.6 is 0 Å². The van der Waals surface area contributed by atoms with Crippen LogP contribution in [0, 0.1) is 0 Å². The van der Waals surface area contributed by atoms with Crippen LogP contribution < -0.4 is 9.80 Å². The van der Waals surface area contributed by atoms with Crippen molar-refractivity contribution in [3.05, 3.63) is 119 Å². The van der Waals surface area contributed by atoms with Crippen LogP contribution in [0.15, 0.2) is 103 Å². The minimum atomic E-state index is 1.01. The first-order valence-electron chi connectivity index (χ1n) is 13.6. The highest BCUT2D eigenvalue weighted by molar-refractivity contribution is 6.05. The molecule has 1 aliphatic carbocycles. The molecule has 0 radical (unpaired) electrons. The summed E-state index contributed by atoms with van der Waals surface area (Å²) in [5, 5.41) is 0. The summed E-state index contributed by atoms with van der Waals surface area (Å²) in [6, 6.07) is 29.2. The number of benzene rings is 3. The highest BCUT2D eigenvalue weighted by Crippen LogP contribution is 2.39. The summed E-state index contributed by atoms with van der Waals surface area (Å²) < 4.78 is 0. The van der Waals surface area contributed by atoms with Crippen molar-refractivity contribution in [1.29, 1.82) is 0 Å². The van der Waals surface area contributed by atoms with Crippen LogP contribution in [-0.4, -0.2) is 26.2 Å². The molecule has 0 heterocycles. The van der Waals surface area contributed by atoms with Crippen molar-refractivity contribution in [2.75, 3.05) is 36.0 Å². The maximum Gasteiger partial charge on any atom is 0.0366 e. The molecule has 0 N–H and O–H groups in total. The van der Waals surface area contributed by atoms with Crippen molar-refractivity contribution in [3.63, 3.8) is 0 Å². The highest BCUT2D eigenvalue weighted by atomic mass is 15.1. The molecule has 3 aromatic rings. The van der Waals surface area contributed by atoms with Gasteiger partial charge >= 0.3 is 0 Å². The van der Waals surface area contributed by atoms with Crippen LogP contribution in [0.25, 0.3) is 11.1 Å². The maximum absolute atomic E-state index is 2.40. The molecule has 4 rings (SSSR count). The Morgan fingerprint density at radius 3 is 1.44 bits per heavy atom. The Hall–Kier alpha value is -3.52. The molecule has 0 amide bonds. The number of allylic oxidation sites excluding steroid dienone is 5. The molecule has 3 aromatic carbocycles. The normalized spacial score (nSPS) is 12.7. The largest absolute Gasteiger partial charge is 0.372 e. The average molecular weight is 477 g/mol. The van der Waals surface area contributed by atoms with Crippen LogP contribution in [0.1, 0.15) is 57.2 Å². The lowest BCUT2D eigenvalue weighted by Gasteiger charge is -2.24. The molecule has 0 aromatic heterocycles. The molecule has 36 heavy (non-hydrogen) atoms. The third-order valence-corrected chi connectivity index (χ3v) is 7.17. The van der Waals surface area contributed by atoms with Gasteiger partial charge in [-0.2, -0.15) is 0 Å². The number of hydrogen-bond donors (Lipinski definition) is 0. The van der Waals surface area contributed by atoms with Crippen molar-refractivity contribution in [3.8, 4) is 0 Å². The Morgan fingerprint density at radius 1 is 0.556 bits per heavy atom. The summed E-state index contributed by atoms with van der Waals surface area (Å²) in [6.45, 7) is 12.9. The molecular formula is C34H40N2. The van der Waals surface area contributed by atoms with E-state index >= 15 is 0 Å². The molecule has 0 aliphatic heterocycles. The fraction of sp³-hybridized carbons (Fsp3) is 0.294. The zero-order chi connectivity index (χ0) is 25.3. The number of anilines is 2. The van der Waals surface area contributed by atoms with Gasteiger partial charge in [0.25, 0.3) is 0 Å². The third kappa shape index (κ3) is 5.65. The molecule has 1 aliphatic rings. The molecule has 2 nitrogen and oxygen atoms in total. The second-order valence-corrected chi connectivity index (χ2v) is 9.19. The molecule has 0 bridgehead atoms. The highest BCUT2D eigenvalue weighted by Gasteiger charge is 2.18. The van der Waals surface area contributed by atoms with Crippen molar-refractivity contribution in [2.24, 2.45) is 0 Å². The Bertz CT molecular complexity index is 1130. The molecule has 0 saturated heterocycles. The molecule has 0 spiro atoms. The Morgan fingerprint density at radius 2 is 1.03 bits per heavy atom. The number of nitrogens with zero attached hydrogens (tertiary/aromatic N) is 2. The SMILES string of the molecule is CCN(CC)c1ccc(C(=C(C2=CCCC=C2)c2ccccc2)c2ccc(N(CC)CC)cc2)cc1. The van der Waals surface area contributed by atoms with E-state index in [0.29, 0.717) is 0 Å². The fourth-order valence-electron chi connectivity index (χ4n) is 5.17. The van der Waals surface area contributed by atoms with Gasteiger partial charge in [-0.1, -0.05) is 72.8 Å². The Balaban J connectivity index is 1.94. The molecule has 0 fully saturated rings. The van der Waals surface area contributed by atoms with Gasteiger partial charge in [0.1, 0.15) is 0 Å². The smallest absolute Gasteiger partial charge is 0.0366 e. The summed E-state index contributed by atoms with van der Waals surface area (Å²) in [5.74, 6) is 0. The van der Waals surface area contributed by atoms with Crippen molar-refractivity contribution < 1.29 is 0 Å². The first kappa shape index (κ1) is 25.6. The molecule has 186 valence electrons. The monoisotopic (exact) mass is 476 g/mol. The number of rotatable bonds is 10. The summed E-state index contributed by atoms with van der Waals surface area (Å²) in [7, 11) is 0. The lowest BCUT2D eigenvalue weighted by Crippen LogP contribution is -2.21. The van der Waals surface area contributed by atoms with Gasteiger partial charge in [0.15, 0.2) is 0 Å². The summed E-state index contributed by atoms with van der Waals surface area (Å²) >= 11 is 0.